The second-order valence-corrected chi connectivity index (χ2v) is 15.1. The van der Waals surface area contributed by atoms with Crippen molar-refractivity contribution in [1.29, 1.82) is 0 Å². The van der Waals surface area contributed by atoms with Gasteiger partial charge in [-0.15, -0.1) is 11.3 Å². The van der Waals surface area contributed by atoms with Crippen LogP contribution in [0.15, 0.2) is 60.8 Å². The predicted molar refractivity (Wildman–Crippen MR) is 202 cm³/mol. The van der Waals surface area contributed by atoms with E-state index in [2.05, 4.69) is 5.32 Å². The molecule has 7 rings (SSSR count). The van der Waals surface area contributed by atoms with Crippen LogP contribution in [0.1, 0.15) is 66.8 Å². The molecule has 3 aromatic heterocycles. The highest BCUT2D eigenvalue weighted by Crippen LogP contribution is 2.41. The molecule has 51 heavy (non-hydrogen) atoms. The van der Waals surface area contributed by atoms with E-state index in [9.17, 15) is 14.7 Å². The Morgan fingerprint density at radius 1 is 1.00 bits per heavy atom. The SMILES string of the molecule is COc1nc(-c2cccc(-c3cccc(Cc4nccc5sc(CN6CCCC[C@@H]6C(=O)O)nc45)c3Cl)c2Cl)ccc1CCC[C@@H]1CCC(=O)N1. The number of aliphatic carboxylic acids is 1. The van der Waals surface area contributed by atoms with E-state index in [1.165, 1.54) is 0 Å². The number of carboxylic acid groups (broad SMARTS) is 1. The maximum Gasteiger partial charge on any atom is 0.320 e. The number of nitrogens with one attached hydrogen (secondary N) is 1. The second kappa shape index (κ2) is 15.7. The van der Waals surface area contributed by atoms with Crippen LogP contribution in [0.5, 0.6) is 5.88 Å². The summed E-state index contributed by atoms with van der Waals surface area (Å²) in [6, 6.07) is 17.5. The number of pyridine rings is 2. The number of hydrogen-bond donors (Lipinski definition) is 2. The van der Waals surface area contributed by atoms with E-state index in [0.29, 0.717) is 47.4 Å². The number of carbonyl (C=O) groups excluding carboxylic acids is 1. The number of hydrogen-bond acceptors (Lipinski definition) is 8. The van der Waals surface area contributed by atoms with Gasteiger partial charge < -0.3 is 15.2 Å². The van der Waals surface area contributed by atoms with E-state index in [-0.39, 0.29) is 11.9 Å². The Morgan fingerprint density at radius 3 is 2.59 bits per heavy atom. The number of amides is 1. The van der Waals surface area contributed by atoms with E-state index in [1.807, 2.05) is 59.5 Å². The zero-order valence-electron chi connectivity index (χ0n) is 28.3. The molecule has 0 bridgehead atoms. The first-order valence-corrected chi connectivity index (χ1v) is 19.0. The number of fused-ring (bicyclic) bond motifs is 1. The van der Waals surface area contributed by atoms with Gasteiger partial charge >= 0.3 is 5.97 Å². The second-order valence-electron chi connectivity index (χ2n) is 13.2. The van der Waals surface area contributed by atoms with Crippen molar-refractivity contribution in [3.63, 3.8) is 0 Å². The summed E-state index contributed by atoms with van der Waals surface area (Å²) in [7, 11) is 1.63. The summed E-state index contributed by atoms with van der Waals surface area (Å²) in [4.78, 5) is 39.9. The third-order valence-electron chi connectivity index (χ3n) is 9.88. The van der Waals surface area contributed by atoms with Gasteiger partial charge in [0.25, 0.3) is 0 Å². The fraction of sp³-hybridized carbons (Fsp3) is 0.359. The Bertz CT molecular complexity index is 2090. The number of aromatic nitrogens is 3. The fourth-order valence-corrected chi connectivity index (χ4v) is 8.88. The molecule has 0 spiro atoms. The Kier molecular flexibility index (Phi) is 10.8. The van der Waals surface area contributed by atoms with Crippen LogP contribution in [-0.4, -0.2) is 62.6 Å². The molecule has 0 radical (unpaired) electrons. The number of carboxylic acids is 1. The van der Waals surface area contributed by atoms with Crippen molar-refractivity contribution < 1.29 is 19.4 Å². The molecule has 264 valence electrons. The predicted octanol–water partition coefficient (Wildman–Crippen LogP) is 8.37. The lowest BCUT2D eigenvalue weighted by atomic mass is 9.97. The van der Waals surface area contributed by atoms with Crippen LogP contribution in [0, 0.1) is 0 Å². The lowest BCUT2D eigenvalue weighted by Crippen LogP contribution is -2.43. The van der Waals surface area contributed by atoms with Crippen LogP contribution in [-0.2, 0) is 29.0 Å². The Hall–Kier alpha value is -4.09. The first-order chi connectivity index (χ1) is 24.8. The average Bonchev–Trinajstić information content (AvgIpc) is 3.75. The Labute approximate surface area is 311 Å². The van der Waals surface area contributed by atoms with Gasteiger partial charge in [0.2, 0.25) is 11.8 Å². The average molecular weight is 745 g/mol. The van der Waals surface area contributed by atoms with Crippen LogP contribution >= 0.6 is 34.5 Å². The molecule has 5 heterocycles. The van der Waals surface area contributed by atoms with Crippen molar-refractivity contribution >= 4 is 56.6 Å². The highest BCUT2D eigenvalue weighted by Gasteiger charge is 2.29. The van der Waals surface area contributed by atoms with Crippen molar-refractivity contribution in [2.75, 3.05) is 13.7 Å². The maximum absolute atomic E-state index is 11.9. The molecule has 0 aliphatic carbocycles. The first-order valence-electron chi connectivity index (χ1n) is 17.4. The van der Waals surface area contributed by atoms with Gasteiger partial charge in [-0.2, -0.15) is 0 Å². The number of thiazole rings is 1. The van der Waals surface area contributed by atoms with Gasteiger partial charge in [-0.25, -0.2) is 9.97 Å². The summed E-state index contributed by atoms with van der Waals surface area (Å²) in [5.41, 5.74) is 6.61. The zero-order chi connectivity index (χ0) is 35.5. The quantitative estimate of drug-likeness (QED) is 0.131. The molecule has 2 fully saturated rings. The number of rotatable bonds is 12. The van der Waals surface area contributed by atoms with Crippen molar-refractivity contribution in [3.05, 3.63) is 92.7 Å². The van der Waals surface area contributed by atoms with E-state index < -0.39 is 12.0 Å². The molecule has 2 N–H and O–H groups in total. The molecular formula is C39H39Cl2N5O4S. The van der Waals surface area contributed by atoms with Gasteiger partial charge in [0, 0.05) is 47.3 Å². The van der Waals surface area contributed by atoms with Gasteiger partial charge in [-0.05, 0) is 62.8 Å². The molecule has 2 aliphatic rings. The topological polar surface area (TPSA) is 118 Å². The Balaban J connectivity index is 1.11. The summed E-state index contributed by atoms with van der Waals surface area (Å²) >= 11 is 15.8. The van der Waals surface area contributed by atoms with Crippen molar-refractivity contribution in [2.24, 2.45) is 0 Å². The normalized spacial score (nSPS) is 17.9. The number of aryl methyl sites for hydroxylation is 1. The monoisotopic (exact) mass is 743 g/mol. The number of benzene rings is 2. The number of likely N-dealkylation sites (tertiary alicyclic amines) is 1. The number of halogens is 2. The summed E-state index contributed by atoms with van der Waals surface area (Å²) in [6.07, 6.45) is 9.00. The molecule has 5 aromatic rings. The molecule has 2 aliphatic heterocycles. The van der Waals surface area contributed by atoms with Crippen LogP contribution < -0.4 is 10.1 Å². The first kappa shape index (κ1) is 35.3. The molecule has 2 atom stereocenters. The van der Waals surface area contributed by atoms with Crippen LogP contribution in [0.3, 0.4) is 0 Å². The van der Waals surface area contributed by atoms with Gasteiger partial charge in [-0.1, -0.05) is 72.1 Å². The van der Waals surface area contributed by atoms with E-state index >= 15 is 0 Å². The van der Waals surface area contributed by atoms with Gasteiger partial charge in [0.05, 0.1) is 39.8 Å². The number of carbonyl (C=O) groups is 2. The molecule has 0 unspecified atom stereocenters. The molecule has 0 saturated carbocycles. The lowest BCUT2D eigenvalue weighted by molar-refractivity contribution is -0.144. The summed E-state index contributed by atoms with van der Waals surface area (Å²) in [5.74, 6) is -0.0710. The molecule has 9 nitrogen and oxygen atoms in total. The zero-order valence-corrected chi connectivity index (χ0v) is 30.7. The van der Waals surface area contributed by atoms with E-state index in [4.69, 9.17) is 42.9 Å². The van der Waals surface area contributed by atoms with Crippen LogP contribution in [0.25, 0.3) is 32.6 Å². The standard InChI is InChI=1S/C39H39Cl2N5O4S/c1-50-38-23(7-4-9-25-15-17-33(47)43-25)14-16-29(44-38)28-12-6-11-27(36(28)41)26-10-5-8-24(35(26)40)21-30-37-32(18-19-42-30)51-34(45-37)22-46-20-3-2-13-31(46)39(48)49/h5-6,8,10-12,14,16,18-19,25,31H,2-4,7,9,13,15,17,20-22H2,1H3,(H,43,47)(H,48,49)/t25-,31-/m1/s1. The third-order valence-corrected chi connectivity index (χ3v) is 11.7. The van der Waals surface area contributed by atoms with Crippen molar-refractivity contribution in [2.45, 2.75) is 76.4 Å². The minimum Gasteiger partial charge on any atom is -0.481 e. The maximum atomic E-state index is 11.9. The third kappa shape index (κ3) is 7.74. The van der Waals surface area contributed by atoms with Gasteiger partial charge in [0.1, 0.15) is 16.6 Å². The van der Waals surface area contributed by atoms with E-state index in [1.54, 1.807) is 24.6 Å². The lowest BCUT2D eigenvalue weighted by Gasteiger charge is -2.31. The number of methoxy groups -OCH3 is 1. The number of piperidine rings is 1. The van der Waals surface area contributed by atoms with Crippen LogP contribution in [0.2, 0.25) is 10.0 Å². The molecule has 1 amide bonds. The fourth-order valence-electron chi connectivity index (χ4n) is 7.25. The largest absolute Gasteiger partial charge is 0.481 e. The Morgan fingerprint density at radius 2 is 1.80 bits per heavy atom. The minimum absolute atomic E-state index is 0.137. The summed E-state index contributed by atoms with van der Waals surface area (Å²) < 4.78 is 6.71. The summed E-state index contributed by atoms with van der Waals surface area (Å²) in [5, 5.41) is 14.8. The molecular weight excluding hydrogens is 705 g/mol. The van der Waals surface area contributed by atoms with Crippen molar-refractivity contribution in [1.82, 2.24) is 25.2 Å². The number of nitrogens with zero attached hydrogens (tertiary/aromatic N) is 4. The van der Waals surface area contributed by atoms with Gasteiger partial charge in [-0.3, -0.25) is 19.5 Å². The molecule has 2 saturated heterocycles. The molecule has 12 heteroatoms. The van der Waals surface area contributed by atoms with E-state index in [0.717, 1.165) is 93.8 Å². The highest BCUT2D eigenvalue weighted by atomic mass is 35.5. The summed E-state index contributed by atoms with van der Waals surface area (Å²) in [6.45, 7) is 1.26. The minimum atomic E-state index is -0.772. The van der Waals surface area contributed by atoms with Crippen LogP contribution in [0.4, 0.5) is 0 Å². The smallest absolute Gasteiger partial charge is 0.320 e. The highest BCUT2D eigenvalue weighted by molar-refractivity contribution is 7.18. The van der Waals surface area contributed by atoms with Crippen molar-refractivity contribution in [3.8, 4) is 28.3 Å². The van der Waals surface area contributed by atoms with Gasteiger partial charge in [0.15, 0.2) is 0 Å². The molecule has 2 aromatic carbocycles. The number of ether oxygens (including phenoxy) is 1.